The fourth-order valence-electron chi connectivity index (χ4n) is 2.19. The van der Waals surface area contributed by atoms with E-state index in [9.17, 15) is 13.2 Å². The van der Waals surface area contributed by atoms with Crippen LogP contribution >= 0.6 is 0 Å². The Bertz CT molecular complexity index is 581. The number of ketones is 1. The van der Waals surface area contributed by atoms with Crippen LogP contribution in [0.15, 0.2) is 29.2 Å². The summed E-state index contributed by atoms with van der Waals surface area (Å²) in [7, 11) is -3.58. The van der Waals surface area contributed by atoms with E-state index in [0.29, 0.717) is 17.9 Å². The molecule has 1 rings (SSSR count). The van der Waals surface area contributed by atoms with Gasteiger partial charge in [0.1, 0.15) is 0 Å². The molecule has 0 bridgehead atoms. The Balaban J connectivity index is 2.90. The molecule has 0 radical (unpaired) electrons. The Hall–Kier alpha value is -1.20. The molecule has 5 heteroatoms. The first-order chi connectivity index (χ1) is 9.80. The summed E-state index contributed by atoms with van der Waals surface area (Å²) < 4.78 is 27.4. The number of Topliss-reactive ketones (excluding diaryl/α,β-unsaturated/α-hetero) is 1. The molecule has 0 spiro atoms. The van der Waals surface area contributed by atoms with Crippen LogP contribution in [0.4, 0.5) is 0 Å². The average molecular weight is 311 g/mol. The molecule has 2 atom stereocenters. The third-order valence-corrected chi connectivity index (χ3v) is 5.18. The predicted molar refractivity (Wildman–Crippen MR) is 84.9 cm³/mol. The smallest absolute Gasteiger partial charge is 0.240 e. The molecule has 21 heavy (non-hydrogen) atoms. The second-order valence-electron chi connectivity index (χ2n) is 5.58. The third kappa shape index (κ3) is 5.25. The van der Waals surface area contributed by atoms with Gasteiger partial charge in [0.15, 0.2) is 5.78 Å². The maximum Gasteiger partial charge on any atom is 0.240 e. The van der Waals surface area contributed by atoms with Crippen molar-refractivity contribution in [3.63, 3.8) is 0 Å². The van der Waals surface area contributed by atoms with Gasteiger partial charge in [0, 0.05) is 18.0 Å². The number of benzene rings is 1. The van der Waals surface area contributed by atoms with E-state index in [1.807, 2.05) is 6.92 Å². The first-order valence-corrected chi connectivity index (χ1v) is 8.94. The SMILES string of the molecule is CCC(=O)c1cccc(S(=O)(=O)NC(C)CC(C)CC)c1. The second-order valence-corrected chi connectivity index (χ2v) is 7.29. The summed E-state index contributed by atoms with van der Waals surface area (Å²) in [6, 6.07) is 6.09. The summed E-state index contributed by atoms with van der Waals surface area (Å²) in [6.45, 7) is 7.82. The zero-order valence-electron chi connectivity index (χ0n) is 13.2. The normalized spacial score (nSPS) is 14.7. The van der Waals surface area contributed by atoms with Crippen LogP contribution in [0, 0.1) is 5.92 Å². The maximum atomic E-state index is 12.4. The summed E-state index contributed by atoms with van der Waals surface area (Å²) in [5, 5.41) is 0. The molecule has 0 fully saturated rings. The molecule has 0 saturated heterocycles. The van der Waals surface area contributed by atoms with Gasteiger partial charge in [-0.25, -0.2) is 13.1 Å². The first-order valence-electron chi connectivity index (χ1n) is 7.45. The van der Waals surface area contributed by atoms with Crippen LogP contribution in [-0.2, 0) is 10.0 Å². The highest BCUT2D eigenvalue weighted by atomic mass is 32.2. The molecule has 2 unspecified atom stereocenters. The van der Waals surface area contributed by atoms with Crippen molar-refractivity contribution < 1.29 is 13.2 Å². The molecule has 0 aromatic heterocycles. The lowest BCUT2D eigenvalue weighted by Crippen LogP contribution is -2.33. The molecular weight excluding hydrogens is 286 g/mol. The van der Waals surface area contributed by atoms with Gasteiger partial charge >= 0.3 is 0 Å². The number of rotatable bonds is 8. The van der Waals surface area contributed by atoms with Gasteiger partial charge in [0.05, 0.1) is 4.90 Å². The quantitative estimate of drug-likeness (QED) is 0.749. The number of carbonyl (C=O) groups is 1. The minimum Gasteiger partial charge on any atom is -0.294 e. The van der Waals surface area contributed by atoms with Gasteiger partial charge < -0.3 is 0 Å². The van der Waals surface area contributed by atoms with Crippen LogP contribution in [0.2, 0.25) is 0 Å². The van der Waals surface area contributed by atoms with Crippen molar-refractivity contribution in [1.82, 2.24) is 4.72 Å². The predicted octanol–water partition coefficient (Wildman–Crippen LogP) is 3.38. The molecule has 0 amide bonds. The van der Waals surface area contributed by atoms with Gasteiger partial charge in [-0.1, -0.05) is 39.3 Å². The minimum atomic E-state index is -3.58. The largest absolute Gasteiger partial charge is 0.294 e. The van der Waals surface area contributed by atoms with Crippen molar-refractivity contribution in [2.75, 3.05) is 0 Å². The zero-order valence-corrected chi connectivity index (χ0v) is 14.0. The van der Waals surface area contributed by atoms with Gasteiger partial charge in [-0.2, -0.15) is 0 Å². The molecule has 1 aromatic rings. The second kappa shape index (κ2) is 7.71. The van der Waals surface area contributed by atoms with E-state index >= 15 is 0 Å². The molecule has 1 N–H and O–H groups in total. The molecular formula is C16H25NO3S. The molecule has 0 aliphatic rings. The molecule has 1 aromatic carbocycles. The number of hydrogen-bond donors (Lipinski definition) is 1. The standard InChI is InChI=1S/C16H25NO3S/c1-5-12(3)10-13(4)17-21(19,20)15-9-7-8-14(11-15)16(18)6-2/h7-9,11-13,17H,5-6,10H2,1-4H3. The van der Waals surface area contributed by atoms with Crippen molar-refractivity contribution in [3.05, 3.63) is 29.8 Å². The summed E-state index contributed by atoms with van der Waals surface area (Å²) in [4.78, 5) is 11.8. The van der Waals surface area contributed by atoms with E-state index in [0.717, 1.165) is 12.8 Å². The van der Waals surface area contributed by atoms with Crippen LogP contribution in [-0.4, -0.2) is 20.2 Å². The van der Waals surface area contributed by atoms with Crippen molar-refractivity contribution in [1.29, 1.82) is 0 Å². The third-order valence-electron chi connectivity index (χ3n) is 3.60. The van der Waals surface area contributed by atoms with Crippen molar-refractivity contribution in [3.8, 4) is 0 Å². The van der Waals surface area contributed by atoms with E-state index in [1.54, 1.807) is 19.1 Å². The van der Waals surface area contributed by atoms with E-state index in [4.69, 9.17) is 0 Å². The fraction of sp³-hybridized carbons (Fsp3) is 0.562. The van der Waals surface area contributed by atoms with Gasteiger partial charge in [0.2, 0.25) is 10.0 Å². The lowest BCUT2D eigenvalue weighted by Gasteiger charge is -2.17. The topological polar surface area (TPSA) is 63.2 Å². The Kier molecular flexibility index (Phi) is 6.55. The van der Waals surface area contributed by atoms with Gasteiger partial charge in [-0.15, -0.1) is 0 Å². The highest BCUT2D eigenvalue weighted by Crippen LogP contribution is 2.16. The van der Waals surface area contributed by atoms with Crippen LogP contribution in [0.3, 0.4) is 0 Å². The summed E-state index contributed by atoms with van der Waals surface area (Å²) in [6.07, 6.45) is 2.18. The van der Waals surface area contributed by atoms with E-state index in [1.165, 1.54) is 12.1 Å². The fourth-order valence-corrected chi connectivity index (χ4v) is 3.49. The Labute approximate surface area is 128 Å². The highest BCUT2D eigenvalue weighted by Gasteiger charge is 2.19. The number of carbonyl (C=O) groups excluding carboxylic acids is 1. The summed E-state index contributed by atoms with van der Waals surface area (Å²) in [5.74, 6) is 0.412. The van der Waals surface area contributed by atoms with Crippen molar-refractivity contribution >= 4 is 15.8 Å². The molecule has 0 heterocycles. The zero-order chi connectivity index (χ0) is 16.0. The maximum absolute atomic E-state index is 12.4. The van der Waals surface area contributed by atoms with Crippen LogP contribution in [0.1, 0.15) is 57.3 Å². The minimum absolute atomic E-state index is 0.0558. The lowest BCUT2D eigenvalue weighted by molar-refractivity contribution is 0.0988. The monoisotopic (exact) mass is 311 g/mol. The highest BCUT2D eigenvalue weighted by molar-refractivity contribution is 7.89. The first kappa shape index (κ1) is 17.9. The number of hydrogen-bond acceptors (Lipinski definition) is 3. The van der Waals surface area contributed by atoms with Crippen LogP contribution in [0.5, 0.6) is 0 Å². The van der Waals surface area contributed by atoms with Gasteiger partial charge in [-0.3, -0.25) is 4.79 Å². The Morgan fingerprint density at radius 1 is 1.24 bits per heavy atom. The van der Waals surface area contributed by atoms with Crippen LogP contribution < -0.4 is 4.72 Å². The molecule has 0 aliphatic carbocycles. The number of nitrogens with one attached hydrogen (secondary N) is 1. The summed E-state index contributed by atoms with van der Waals surface area (Å²) >= 11 is 0. The number of sulfonamides is 1. The lowest BCUT2D eigenvalue weighted by atomic mass is 10.0. The summed E-state index contributed by atoms with van der Waals surface area (Å²) in [5.41, 5.74) is 0.440. The van der Waals surface area contributed by atoms with Gasteiger partial charge in [0.25, 0.3) is 0 Å². The molecule has 4 nitrogen and oxygen atoms in total. The average Bonchev–Trinajstić information content (AvgIpc) is 2.45. The molecule has 0 aliphatic heterocycles. The Morgan fingerprint density at radius 3 is 2.48 bits per heavy atom. The van der Waals surface area contributed by atoms with E-state index in [-0.39, 0.29) is 16.7 Å². The molecule has 118 valence electrons. The molecule has 0 saturated carbocycles. The van der Waals surface area contributed by atoms with Crippen molar-refractivity contribution in [2.45, 2.75) is 57.9 Å². The van der Waals surface area contributed by atoms with Gasteiger partial charge in [-0.05, 0) is 31.4 Å². The van der Waals surface area contributed by atoms with E-state index < -0.39 is 10.0 Å². The van der Waals surface area contributed by atoms with Crippen molar-refractivity contribution in [2.24, 2.45) is 5.92 Å². The Morgan fingerprint density at radius 2 is 1.90 bits per heavy atom. The van der Waals surface area contributed by atoms with Crippen LogP contribution in [0.25, 0.3) is 0 Å². The van der Waals surface area contributed by atoms with E-state index in [2.05, 4.69) is 18.6 Å².